The molecule has 5 heteroatoms. The molecule has 3 rings (SSSR count). The van der Waals surface area contributed by atoms with E-state index < -0.39 is 0 Å². The molecule has 0 bridgehead atoms. The molecule has 2 heterocycles. The number of carbonyl (C=O) groups is 1. The number of aromatic nitrogens is 2. The lowest BCUT2D eigenvalue weighted by Crippen LogP contribution is -2.16. The van der Waals surface area contributed by atoms with Crippen molar-refractivity contribution < 1.29 is 4.79 Å². The largest absolute Gasteiger partial charge is 0.344 e. The Morgan fingerprint density at radius 3 is 2.75 bits per heavy atom. The minimum absolute atomic E-state index is 0.0971. The molecule has 0 spiro atoms. The Morgan fingerprint density at radius 1 is 1.17 bits per heavy atom. The monoisotopic (exact) mass is 337 g/mol. The average molecular weight is 337 g/mol. The van der Waals surface area contributed by atoms with Gasteiger partial charge in [-0.2, -0.15) is 0 Å². The zero-order valence-corrected chi connectivity index (χ0v) is 14.5. The normalized spacial score (nSPS) is 10.6. The van der Waals surface area contributed by atoms with Crippen LogP contribution in [0.15, 0.2) is 65.8 Å². The van der Waals surface area contributed by atoms with Gasteiger partial charge in [0.25, 0.3) is 5.91 Å². The molecule has 3 aromatic rings. The van der Waals surface area contributed by atoms with E-state index in [4.69, 9.17) is 0 Å². The molecule has 24 heavy (non-hydrogen) atoms. The third-order valence-electron chi connectivity index (χ3n) is 3.81. The Kier molecular flexibility index (Phi) is 5.01. The van der Waals surface area contributed by atoms with Crippen molar-refractivity contribution in [3.05, 3.63) is 77.7 Å². The maximum Gasteiger partial charge on any atom is 0.272 e. The number of benzene rings is 1. The van der Waals surface area contributed by atoms with Gasteiger partial charge in [-0.3, -0.25) is 4.79 Å². The molecule has 1 N–H and O–H groups in total. The number of carbonyl (C=O) groups excluding carboxylic acids is 1. The summed E-state index contributed by atoms with van der Waals surface area (Å²) in [4.78, 5) is 16.7. The van der Waals surface area contributed by atoms with Crippen LogP contribution in [0.2, 0.25) is 0 Å². The number of anilines is 1. The zero-order chi connectivity index (χ0) is 16.9. The molecule has 1 aromatic carbocycles. The van der Waals surface area contributed by atoms with Crippen molar-refractivity contribution >= 4 is 23.4 Å². The van der Waals surface area contributed by atoms with E-state index >= 15 is 0 Å². The predicted molar refractivity (Wildman–Crippen MR) is 98.3 cm³/mol. The molecule has 4 nitrogen and oxygen atoms in total. The summed E-state index contributed by atoms with van der Waals surface area (Å²) in [6.45, 7) is 1.98. The van der Waals surface area contributed by atoms with Gasteiger partial charge in [0, 0.05) is 30.4 Å². The summed E-state index contributed by atoms with van der Waals surface area (Å²) in [6.07, 6.45) is 1.79. The van der Waals surface area contributed by atoms with Crippen LogP contribution in [0.1, 0.15) is 21.7 Å². The van der Waals surface area contributed by atoms with Crippen LogP contribution in [0.5, 0.6) is 0 Å². The number of hydrogen-bond donors (Lipinski definition) is 1. The van der Waals surface area contributed by atoms with Gasteiger partial charge in [0.1, 0.15) is 5.69 Å². The second kappa shape index (κ2) is 7.36. The number of pyridine rings is 1. The highest BCUT2D eigenvalue weighted by Gasteiger charge is 2.11. The minimum atomic E-state index is -0.0971. The molecule has 1 amide bonds. The first-order valence-electron chi connectivity index (χ1n) is 7.70. The zero-order valence-electron chi connectivity index (χ0n) is 13.7. The van der Waals surface area contributed by atoms with Crippen molar-refractivity contribution in [3.8, 4) is 0 Å². The van der Waals surface area contributed by atoms with Crippen molar-refractivity contribution in [1.82, 2.24) is 9.55 Å². The SMILES string of the molecule is Cc1ccc(C(=O)Nc2cccc(CSc3ccccn3)c2)n1C. The Bertz CT molecular complexity index is 843. The van der Waals surface area contributed by atoms with Gasteiger partial charge in [-0.1, -0.05) is 18.2 Å². The molecule has 0 aliphatic rings. The first-order chi connectivity index (χ1) is 11.6. The third-order valence-corrected chi connectivity index (χ3v) is 4.83. The van der Waals surface area contributed by atoms with Crippen LogP contribution in [-0.4, -0.2) is 15.5 Å². The van der Waals surface area contributed by atoms with Crippen molar-refractivity contribution in [2.45, 2.75) is 17.7 Å². The number of hydrogen-bond acceptors (Lipinski definition) is 3. The van der Waals surface area contributed by atoms with E-state index in [0.717, 1.165) is 27.7 Å². The van der Waals surface area contributed by atoms with Crippen LogP contribution in [0, 0.1) is 6.92 Å². The highest BCUT2D eigenvalue weighted by molar-refractivity contribution is 7.98. The summed E-state index contributed by atoms with van der Waals surface area (Å²) in [5.74, 6) is 0.712. The summed E-state index contributed by atoms with van der Waals surface area (Å²) in [5, 5.41) is 3.96. The first kappa shape index (κ1) is 16.3. The topological polar surface area (TPSA) is 46.9 Å². The van der Waals surface area contributed by atoms with Gasteiger partial charge < -0.3 is 9.88 Å². The van der Waals surface area contributed by atoms with Crippen molar-refractivity contribution in [3.63, 3.8) is 0 Å². The van der Waals surface area contributed by atoms with Crippen LogP contribution < -0.4 is 5.32 Å². The molecule has 0 saturated heterocycles. The van der Waals surface area contributed by atoms with E-state index in [-0.39, 0.29) is 5.91 Å². The highest BCUT2D eigenvalue weighted by atomic mass is 32.2. The Morgan fingerprint density at radius 2 is 2.04 bits per heavy atom. The van der Waals surface area contributed by atoms with Gasteiger partial charge in [0.2, 0.25) is 0 Å². The van der Waals surface area contributed by atoms with Crippen LogP contribution in [0.25, 0.3) is 0 Å². The van der Waals surface area contributed by atoms with E-state index in [1.165, 1.54) is 0 Å². The maximum atomic E-state index is 12.4. The number of nitrogens with one attached hydrogen (secondary N) is 1. The van der Waals surface area contributed by atoms with Crippen molar-refractivity contribution in [2.75, 3.05) is 5.32 Å². The molecule has 0 aliphatic carbocycles. The second-order valence-electron chi connectivity index (χ2n) is 5.53. The average Bonchev–Trinajstić information content (AvgIpc) is 2.94. The summed E-state index contributed by atoms with van der Waals surface area (Å²) < 4.78 is 1.89. The summed E-state index contributed by atoms with van der Waals surface area (Å²) in [5.41, 5.74) is 3.66. The van der Waals surface area contributed by atoms with E-state index in [2.05, 4.69) is 16.4 Å². The van der Waals surface area contributed by atoms with Crippen LogP contribution in [0.4, 0.5) is 5.69 Å². The number of amides is 1. The molecule has 0 fully saturated rings. The van der Waals surface area contributed by atoms with E-state index in [0.29, 0.717) is 5.69 Å². The van der Waals surface area contributed by atoms with Gasteiger partial charge >= 0.3 is 0 Å². The van der Waals surface area contributed by atoms with Gasteiger partial charge in [-0.05, 0) is 48.9 Å². The fraction of sp³-hybridized carbons (Fsp3) is 0.158. The lowest BCUT2D eigenvalue weighted by Gasteiger charge is -2.09. The molecule has 2 aromatic heterocycles. The summed E-state index contributed by atoms with van der Waals surface area (Å²) in [6, 6.07) is 17.6. The fourth-order valence-electron chi connectivity index (χ4n) is 2.36. The Hall–Kier alpha value is -2.53. The van der Waals surface area contributed by atoms with Crippen LogP contribution in [-0.2, 0) is 12.8 Å². The number of aryl methyl sites for hydroxylation is 1. The van der Waals surface area contributed by atoms with Gasteiger partial charge in [-0.15, -0.1) is 11.8 Å². The lowest BCUT2D eigenvalue weighted by atomic mass is 10.2. The van der Waals surface area contributed by atoms with Gasteiger partial charge in [0.15, 0.2) is 0 Å². The van der Waals surface area contributed by atoms with E-state index in [1.54, 1.807) is 18.0 Å². The molecular formula is C19H19N3OS. The molecule has 122 valence electrons. The van der Waals surface area contributed by atoms with Crippen molar-refractivity contribution in [2.24, 2.45) is 7.05 Å². The van der Waals surface area contributed by atoms with Crippen LogP contribution >= 0.6 is 11.8 Å². The second-order valence-corrected chi connectivity index (χ2v) is 6.53. The maximum absolute atomic E-state index is 12.4. The molecule has 0 radical (unpaired) electrons. The summed E-state index contributed by atoms with van der Waals surface area (Å²) in [7, 11) is 1.89. The van der Waals surface area contributed by atoms with Gasteiger partial charge in [0.05, 0.1) is 5.03 Å². The molecular weight excluding hydrogens is 318 g/mol. The fourth-order valence-corrected chi connectivity index (χ4v) is 3.17. The minimum Gasteiger partial charge on any atom is -0.344 e. The van der Waals surface area contributed by atoms with Crippen LogP contribution in [0.3, 0.4) is 0 Å². The lowest BCUT2D eigenvalue weighted by molar-refractivity contribution is 0.101. The predicted octanol–water partition coefficient (Wildman–Crippen LogP) is 4.27. The quantitative estimate of drug-likeness (QED) is 0.707. The summed E-state index contributed by atoms with van der Waals surface area (Å²) >= 11 is 1.68. The third kappa shape index (κ3) is 3.86. The Balaban J connectivity index is 1.67. The molecule has 0 saturated carbocycles. The molecule has 0 unspecified atom stereocenters. The van der Waals surface area contributed by atoms with E-state index in [9.17, 15) is 4.79 Å². The smallest absolute Gasteiger partial charge is 0.272 e. The number of rotatable bonds is 5. The Labute approximate surface area is 145 Å². The standard InChI is InChI=1S/C19H19N3OS/c1-14-9-10-17(22(14)2)19(23)21-16-7-5-6-15(12-16)13-24-18-8-3-4-11-20-18/h3-12H,13H2,1-2H3,(H,21,23). The first-order valence-corrected chi connectivity index (χ1v) is 8.68. The van der Waals surface area contributed by atoms with Gasteiger partial charge in [-0.25, -0.2) is 4.98 Å². The number of thioether (sulfide) groups is 1. The molecule has 0 aliphatic heterocycles. The van der Waals surface area contributed by atoms with E-state index in [1.807, 2.05) is 67.1 Å². The number of nitrogens with zero attached hydrogens (tertiary/aromatic N) is 2. The van der Waals surface area contributed by atoms with Crippen molar-refractivity contribution in [1.29, 1.82) is 0 Å². The highest BCUT2D eigenvalue weighted by Crippen LogP contribution is 2.22. The molecule has 0 atom stereocenters.